The smallest absolute Gasteiger partial charge is 0.274 e. The second kappa shape index (κ2) is 8.52. The van der Waals surface area contributed by atoms with E-state index in [0.29, 0.717) is 70.5 Å². The number of rotatable bonds is 4. The zero-order valence-corrected chi connectivity index (χ0v) is 17.0. The summed E-state index contributed by atoms with van der Waals surface area (Å²) < 4.78 is 7.08. The van der Waals surface area contributed by atoms with Gasteiger partial charge in [0.25, 0.3) is 5.91 Å². The van der Waals surface area contributed by atoms with Crippen LogP contribution in [0.5, 0.6) is 0 Å². The molecule has 0 bridgehead atoms. The first-order valence-electron chi connectivity index (χ1n) is 10.4. The fourth-order valence-electron chi connectivity index (χ4n) is 4.47. The molecule has 0 spiro atoms. The summed E-state index contributed by atoms with van der Waals surface area (Å²) in [6.07, 6.45) is 5.42. The molecule has 158 valence electrons. The van der Waals surface area contributed by atoms with E-state index in [1.807, 2.05) is 21.7 Å². The largest absolute Gasteiger partial charge is 0.378 e. The van der Waals surface area contributed by atoms with Crippen LogP contribution in [0, 0.1) is 11.8 Å². The predicted molar refractivity (Wildman–Crippen MR) is 104 cm³/mol. The lowest BCUT2D eigenvalue weighted by Gasteiger charge is -2.33. The number of imidazole rings is 1. The van der Waals surface area contributed by atoms with Crippen LogP contribution < -0.4 is 0 Å². The summed E-state index contributed by atoms with van der Waals surface area (Å²) in [5.74, 6) is 0.261. The van der Waals surface area contributed by atoms with Gasteiger partial charge in [-0.05, 0) is 18.8 Å². The lowest BCUT2D eigenvalue weighted by Crippen LogP contribution is -2.45. The van der Waals surface area contributed by atoms with E-state index in [2.05, 4.69) is 4.98 Å². The molecule has 4 heterocycles. The van der Waals surface area contributed by atoms with E-state index < -0.39 is 0 Å². The molecule has 4 rings (SSSR count). The first-order chi connectivity index (χ1) is 14.0. The maximum absolute atomic E-state index is 12.7. The van der Waals surface area contributed by atoms with Gasteiger partial charge in [-0.1, -0.05) is 0 Å². The molecule has 0 aromatic carbocycles. The summed E-state index contributed by atoms with van der Waals surface area (Å²) >= 11 is 0. The molecule has 3 aliphatic heterocycles. The van der Waals surface area contributed by atoms with Crippen LogP contribution in [-0.4, -0.2) is 94.5 Å². The van der Waals surface area contributed by atoms with Gasteiger partial charge in [0.1, 0.15) is 5.69 Å². The molecule has 29 heavy (non-hydrogen) atoms. The molecular formula is C20H29N5O4. The lowest BCUT2D eigenvalue weighted by atomic mass is 9.96. The number of piperidine rings is 1. The Kier molecular flexibility index (Phi) is 5.84. The maximum atomic E-state index is 12.7. The van der Waals surface area contributed by atoms with Crippen molar-refractivity contribution in [3.63, 3.8) is 0 Å². The molecule has 1 aromatic heterocycles. The number of aryl methyl sites for hydroxylation is 1. The number of hydrogen-bond donors (Lipinski definition) is 0. The van der Waals surface area contributed by atoms with Gasteiger partial charge in [-0.2, -0.15) is 0 Å². The molecule has 0 saturated carbocycles. The Bertz CT molecular complexity index is 765. The highest BCUT2D eigenvalue weighted by atomic mass is 16.5. The zero-order chi connectivity index (χ0) is 20.4. The summed E-state index contributed by atoms with van der Waals surface area (Å²) in [7, 11) is 1.85. The number of hydrogen-bond acceptors (Lipinski definition) is 5. The Morgan fingerprint density at radius 2 is 1.86 bits per heavy atom. The summed E-state index contributed by atoms with van der Waals surface area (Å²) in [6, 6.07) is 0. The number of amides is 3. The van der Waals surface area contributed by atoms with E-state index in [1.165, 1.54) is 0 Å². The number of aromatic nitrogens is 2. The van der Waals surface area contributed by atoms with Crippen molar-refractivity contribution in [1.82, 2.24) is 24.3 Å². The number of morpholine rings is 1. The molecule has 9 nitrogen and oxygen atoms in total. The first-order valence-corrected chi connectivity index (χ1v) is 10.4. The second-order valence-corrected chi connectivity index (χ2v) is 8.30. The molecule has 3 amide bonds. The third-order valence-corrected chi connectivity index (χ3v) is 6.19. The topological polar surface area (TPSA) is 88.0 Å². The van der Waals surface area contributed by atoms with Gasteiger partial charge in [-0.25, -0.2) is 4.98 Å². The number of ether oxygens (including phenoxy) is 1. The van der Waals surface area contributed by atoms with Crippen molar-refractivity contribution in [2.24, 2.45) is 18.9 Å². The van der Waals surface area contributed by atoms with Gasteiger partial charge in [0.15, 0.2) is 0 Å². The minimum Gasteiger partial charge on any atom is -0.378 e. The molecule has 3 aliphatic rings. The van der Waals surface area contributed by atoms with Crippen molar-refractivity contribution >= 4 is 17.7 Å². The molecule has 3 saturated heterocycles. The van der Waals surface area contributed by atoms with Crippen LogP contribution in [0.1, 0.15) is 29.8 Å². The molecule has 1 atom stereocenters. The van der Waals surface area contributed by atoms with Gasteiger partial charge in [0.2, 0.25) is 11.8 Å². The quantitative estimate of drug-likeness (QED) is 0.705. The fraction of sp³-hybridized carbons (Fsp3) is 0.700. The molecule has 3 fully saturated rings. The van der Waals surface area contributed by atoms with Crippen LogP contribution in [0.15, 0.2) is 12.5 Å². The number of carbonyl (C=O) groups is 3. The number of likely N-dealkylation sites (tertiary alicyclic amines) is 2. The predicted octanol–water partition coefficient (Wildman–Crippen LogP) is -0.0204. The highest BCUT2D eigenvalue weighted by Crippen LogP contribution is 2.25. The molecule has 1 unspecified atom stereocenters. The van der Waals surface area contributed by atoms with Crippen molar-refractivity contribution in [3.05, 3.63) is 18.2 Å². The van der Waals surface area contributed by atoms with Crippen molar-refractivity contribution in [3.8, 4) is 0 Å². The van der Waals surface area contributed by atoms with Crippen LogP contribution in [0.4, 0.5) is 0 Å². The van der Waals surface area contributed by atoms with Crippen molar-refractivity contribution in [2.75, 3.05) is 52.5 Å². The third-order valence-electron chi connectivity index (χ3n) is 6.19. The summed E-state index contributed by atoms with van der Waals surface area (Å²) in [6.45, 7) is 4.94. The Hall–Kier alpha value is -2.42. The van der Waals surface area contributed by atoms with Gasteiger partial charge in [0.05, 0.1) is 25.5 Å². The van der Waals surface area contributed by atoms with Crippen LogP contribution >= 0.6 is 0 Å². The summed E-state index contributed by atoms with van der Waals surface area (Å²) in [5.41, 5.74) is 0.477. The van der Waals surface area contributed by atoms with E-state index >= 15 is 0 Å². The minimum atomic E-state index is -0.230. The molecule has 0 N–H and O–H groups in total. The minimum absolute atomic E-state index is 0.0301. The Morgan fingerprint density at radius 1 is 1.14 bits per heavy atom. The van der Waals surface area contributed by atoms with Gasteiger partial charge in [-0.3, -0.25) is 14.4 Å². The maximum Gasteiger partial charge on any atom is 0.274 e. The van der Waals surface area contributed by atoms with E-state index in [1.54, 1.807) is 17.1 Å². The van der Waals surface area contributed by atoms with Gasteiger partial charge in [-0.15, -0.1) is 0 Å². The first kappa shape index (κ1) is 19.9. The Morgan fingerprint density at radius 3 is 2.52 bits per heavy atom. The van der Waals surface area contributed by atoms with Gasteiger partial charge < -0.3 is 24.0 Å². The highest BCUT2D eigenvalue weighted by molar-refractivity contribution is 5.92. The normalized spacial score (nSPS) is 23.7. The standard InChI is InChI=1S/C20H29N5O4/c1-22-13-17(21-14-22)20(28)23-4-2-15(3-5-23)11-25-12-16(10-18(25)26)19(27)24-6-8-29-9-7-24/h13-16H,2-12H2,1H3. The lowest BCUT2D eigenvalue weighted by molar-refractivity contribution is -0.139. The fourth-order valence-corrected chi connectivity index (χ4v) is 4.47. The highest BCUT2D eigenvalue weighted by Gasteiger charge is 2.38. The SMILES string of the molecule is Cn1cnc(C(=O)N2CCC(CN3CC(C(=O)N4CCOCC4)CC3=O)CC2)c1. The molecular weight excluding hydrogens is 374 g/mol. The van der Waals surface area contributed by atoms with Crippen molar-refractivity contribution in [2.45, 2.75) is 19.3 Å². The summed E-state index contributed by atoms with van der Waals surface area (Å²) in [5, 5.41) is 0. The average Bonchev–Trinajstić information content (AvgIpc) is 3.34. The van der Waals surface area contributed by atoms with Gasteiger partial charge in [0, 0.05) is 58.9 Å². The number of nitrogens with zero attached hydrogens (tertiary/aromatic N) is 5. The second-order valence-electron chi connectivity index (χ2n) is 8.30. The Labute approximate surface area is 170 Å². The molecule has 9 heteroatoms. The zero-order valence-electron chi connectivity index (χ0n) is 17.0. The van der Waals surface area contributed by atoms with Crippen LogP contribution in [0.2, 0.25) is 0 Å². The van der Waals surface area contributed by atoms with Crippen molar-refractivity contribution in [1.29, 1.82) is 0 Å². The van der Waals surface area contributed by atoms with E-state index in [9.17, 15) is 14.4 Å². The molecule has 1 aromatic rings. The average molecular weight is 403 g/mol. The number of carbonyl (C=O) groups excluding carboxylic acids is 3. The third kappa shape index (κ3) is 4.44. The van der Waals surface area contributed by atoms with E-state index in [-0.39, 0.29) is 23.6 Å². The molecule has 0 aliphatic carbocycles. The van der Waals surface area contributed by atoms with Crippen LogP contribution in [0.25, 0.3) is 0 Å². The molecule has 0 radical (unpaired) electrons. The van der Waals surface area contributed by atoms with E-state index in [0.717, 1.165) is 12.8 Å². The Balaban J connectivity index is 1.25. The summed E-state index contributed by atoms with van der Waals surface area (Å²) in [4.78, 5) is 47.3. The van der Waals surface area contributed by atoms with Crippen LogP contribution in [0.3, 0.4) is 0 Å². The van der Waals surface area contributed by atoms with Crippen LogP contribution in [-0.2, 0) is 21.4 Å². The monoisotopic (exact) mass is 403 g/mol. The van der Waals surface area contributed by atoms with Crippen molar-refractivity contribution < 1.29 is 19.1 Å². The van der Waals surface area contributed by atoms with Gasteiger partial charge >= 0.3 is 0 Å². The van der Waals surface area contributed by atoms with E-state index in [4.69, 9.17) is 4.74 Å².